The highest BCUT2D eigenvalue weighted by molar-refractivity contribution is 7.72. The Bertz CT molecular complexity index is 510. The lowest BCUT2D eigenvalue weighted by Gasteiger charge is -2.12. The van der Waals surface area contributed by atoms with Gasteiger partial charge in [-0.3, -0.25) is 14.9 Å². The van der Waals surface area contributed by atoms with E-state index in [1.54, 1.807) is 0 Å². The lowest BCUT2D eigenvalue weighted by Crippen LogP contribution is -2.12. The van der Waals surface area contributed by atoms with Crippen LogP contribution in [0.5, 0.6) is 0 Å². The highest BCUT2D eigenvalue weighted by Crippen LogP contribution is 2.47. The van der Waals surface area contributed by atoms with Crippen molar-refractivity contribution in [2.75, 3.05) is 19.5 Å². The first-order valence-electron chi connectivity index (χ1n) is 4.70. The molecule has 1 N–H and O–H groups in total. The van der Waals surface area contributed by atoms with Crippen LogP contribution in [0.25, 0.3) is 0 Å². The summed E-state index contributed by atoms with van der Waals surface area (Å²) >= 11 is 0. The summed E-state index contributed by atoms with van der Waals surface area (Å²) < 4.78 is 20.7. The van der Waals surface area contributed by atoms with Gasteiger partial charge in [0.2, 0.25) is 0 Å². The molecule has 1 amide bonds. The number of non-ortho nitro benzene ring substituents is 1. The van der Waals surface area contributed by atoms with Gasteiger partial charge >= 0.3 is 13.2 Å². The fourth-order valence-corrected chi connectivity index (χ4v) is 1.88. The van der Waals surface area contributed by atoms with E-state index >= 15 is 0 Å². The van der Waals surface area contributed by atoms with Gasteiger partial charge < -0.3 is 14.4 Å². The van der Waals surface area contributed by atoms with Crippen LogP contribution in [0, 0.1) is 10.1 Å². The van der Waals surface area contributed by atoms with Crippen molar-refractivity contribution in [1.82, 2.24) is 0 Å². The number of hydrogen-bond donors (Lipinski definition) is 1. The molecule has 0 aliphatic heterocycles. The van der Waals surface area contributed by atoms with Crippen molar-refractivity contribution in [1.29, 1.82) is 0 Å². The third kappa shape index (κ3) is 3.13. The Morgan fingerprint density at radius 2 is 2.00 bits per heavy atom. The van der Waals surface area contributed by atoms with E-state index in [1.165, 1.54) is 18.2 Å². The first kappa shape index (κ1) is 14.3. The number of nitro groups is 1. The Kier molecular flexibility index (Phi) is 4.55. The Morgan fingerprint density at radius 1 is 1.39 bits per heavy atom. The summed E-state index contributed by atoms with van der Waals surface area (Å²) in [5, 5.41) is 12.8. The van der Waals surface area contributed by atoms with E-state index < -0.39 is 18.2 Å². The number of anilines is 1. The monoisotopic (exact) mass is 274 g/mol. The van der Waals surface area contributed by atoms with Gasteiger partial charge in [-0.2, -0.15) is 0 Å². The van der Waals surface area contributed by atoms with Gasteiger partial charge in [0.1, 0.15) is 0 Å². The van der Waals surface area contributed by atoms with Crippen LogP contribution < -0.4 is 5.32 Å². The van der Waals surface area contributed by atoms with Crippen LogP contribution in [0.15, 0.2) is 24.3 Å². The van der Waals surface area contributed by atoms with Crippen LogP contribution >= 0.6 is 7.60 Å². The maximum absolute atomic E-state index is 11.7. The molecule has 0 atom stereocenters. The van der Waals surface area contributed by atoms with Crippen molar-refractivity contribution in [3.8, 4) is 0 Å². The quantitative estimate of drug-likeness (QED) is 0.502. The minimum atomic E-state index is -3.90. The normalized spacial score (nSPS) is 11.0. The molecule has 0 bridgehead atoms. The topological polar surface area (TPSA) is 108 Å². The van der Waals surface area contributed by atoms with Crippen molar-refractivity contribution >= 4 is 24.6 Å². The summed E-state index contributed by atoms with van der Waals surface area (Å²) in [4.78, 5) is 21.5. The molecule has 18 heavy (non-hydrogen) atoms. The zero-order chi connectivity index (χ0) is 13.8. The first-order chi connectivity index (χ1) is 8.42. The molecule has 0 spiro atoms. The maximum Gasteiger partial charge on any atom is 0.418 e. The number of carbonyl (C=O) groups is 1. The predicted molar refractivity (Wildman–Crippen MR) is 63.7 cm³/mol. The van der Waals surface area contributed by atoms with E-state index in [0.717, 1.165) is 20.3 Å². The van der Waals surface area contributed by atoms with Gasteiger partial charge in [-0.05, 0) is 6.07 Å². The van der Waals surface area contributed by atoms with E-state index in [0.29, 0.717) is 0 Å². The zero-order valence-electron chi connectivity index (χ0n) is 9.65. The Morgan fingerprint density at radius 3 is 2.50 bits per heavy atom. The molecule has 0 aliphatic carbocycles. The summed E-state index contributed by atoms with van der Waals surface area (Å²) in [5.74, 6) is 0. The average molecular weight is 274 g/mol. The van der Waals surface area contributed by atoms with Gasteiger partial charge in [-0.1, -0.05) is 6.07 Å². The fraction of sp³-hybridized carbons (Fsp3) is 0.222. The van der Waals surface area contributed by atoms with Crippen molar-refractivity contribution in [2.24, 2.45) is 0 Å². The van der Waals surface area contributed by atoms with E-state index in [-0.39, 0.29) is 11.4 Å². The molecule has 0 heterocycles. The molecule has 0 radical (unpaired) electrons. The molecule has 1 aromatic rings. The molecular weight excluding hydrogens is 263 g/mol. The Hall–Kier alpha value is -1.76. The predicted octanol–water partition coefficient (Wildman–Crippen LogP) is 2.61. The van der Waals surface area contributed by atoms with Gasteiger partial charge in [0.05, 0.1) is 4.92 Å². The average Bonchev–Trinajstić information content (AvgIpc) is 2.38. The van der Waals surface area contributed by atoms with Gasteiger partial charge in [-0.25, -0.2) is 4.57 Å². The van der Waals surface area contributed by atoms with Gasteiger partial charge in [0.25, 0.3) is 5.69 Å². The minimum absolute atomic E-state index is 0.128. The van der Waals surface area contributed by atoms with Crippen LogP contribution in [0.4, 0.5) is 16.2 Å². The van der Waals surface area contributed by atoms with Crippen molar-refractivity contribution in [3.63, 3.8) is 0 Å². The Balaban J connectivity index is 2.92. The van der Waals surface area contributed by atoms with Crippen molar-refractivity contribution in [3.05, 3.63) is 34.4 Å². The van der Waals surface area contributed by atoms with Gasteiger partial charge in [-0.15, -0.1) is 0 Å². The number of nitro benzene ring substituents is 1. The smallest absolute Gasteiger partial charge is 0.315 e. The minimum Gasteiger partial charge on any atom is -0.315 e. The standard InChI is InChI=1S/C9H11N2O6P/c1-16-18(15,17-2)9(12)10-7-4-3-5-8(6-7)11(13)14/h3-6H,1-2H3,(H,10,12). The third-order valence-corrected chi connectivity index (χ3v) is 3.61. The number of benzene rings is 1. The Labute approximate surface area is 103 Å². The lowest BCUT2D eigenvalue weighted by atomic mass is 10.3. The number of hydrogen-bond acceptors (Lipinski definition) is 6. The molecule has 9 heteroatoms. The molecule has 1 aromatic carbocycles. The van der Waals surface area contributed by atoms with Crippen LogP contribution in [0.2, 0.25) is 0 Å². The van der Waals surface area contributed by atoms with Crippen LogP contribution in [-0.2, 0) is 13.6 Å². The van der Waals surface area contributed by atoms with Crippen LogP contribution in [0.1, 0.15) is 0 Å². The molecule has 0 unspecified atom stereocenters. The number of nitrogens with one attached hydrogen (secondary N) is 1. The van der Waals surface area contributed by atoms with Crippen molar-refractivity contribution in [2.45, 2.75) is 0 Å². The van der Waals surface area contributed by atoms with Crippen LogP contribution in [0.3, 0.4) is 0 Å². The van der Waals surface area contributed by atoms with E-state index in [2.05, 4.69) is 14.4 Å². The summed E-state index contributed by atoms with van der Waals surface area (Å²) in [6.45, 7) is 0. The molecular formula is C9H11N2O6P. The maximum atomic E-state index is 11.7. The zero-order valence-corrected chi connectivity index (χ0v) is 10.5. The molecule has 8 nitrogen and oxygen atoms in total. The molecule has 0 fully saturated rings. The molecule has 0 aromatic heterocycles. The van der Waals surface area contributed by atoms with Crippen molar-refractivity contribution < 1.29 is 23.3 Å². The summed E-state index contributed by atoms with van der Waals surface area (Å²) in [6, 6.07) is 5.20. The van der Waals surface area contributed by atoms with Crippen LogP contribution in [-0.4, -0.2) is 24.8 Å². The first-order valence-corrected chi connectivity index (χ1v) is 6.24. The van der Waals surface area contributed by atoms with E-state index in [4.69, 9.17) is 0 Å². The van der Waals surface area contributed by atoms with E-state index in [9.17, 15) is 19.5 Å². The number of rotatable bonds is 5. The lowest BCUT2D eigenvalue weighted by molar-refractivity contribution is -0.384. The van der Waals surface area contributed by atoms with E-state index in [1.807, 2.05) is 0 Å². The molecule has 0 aliphatic rings. The molecule has 1 rings (SSSR count). The SMILES string of the molecule is COP(=O)(OC)C(=O)Nc1cccc([N+](=O)[O-])c1. The second-order valence-electron chi connectivity index (χ2n) is 3.10. The number of amides is 1. The highest BCUT2D eigenvalue weighted by Gasteiger charge is 2.32. The second kappa shape index (κ2) is 5.72. The van der Waals surface area contributed by atoms with Gasteiger partial charge in [0.15, 0.2) is 0 Å². The second-order valence-corrected chi connectivity index (χ2v) is 5.23. The largest absolute Gasteiger partial charge is 0.418 e. The number of carbonyl (C=O) groups excluding carboxylic acids is 1. The molecule has 0 saturated heterocycles. The summed E-state index contributed by atoms with van der Waals surface area (Å²) in [5.41, 5.74) is -1.06. The fourth-order valence-electron chi connectivity index (χ4n) is 1.13. The summed E-state index contributed by atoms with van der Waals surface area (Å²) in [7, 11) is -1.76. The number of nitrogens with zero attached hydrogens (tertiary/aromatic N) is 1. The van der Waals surface area contributed by atoms with Gasteiger partial charge in [0, 0.05) is 32.0 Å². The third-order valence-electron chi connectivity index (χ3n) is 2.04. The summed E-state index contributed by atoms with van der Waals surface area (Å²) in [6.07, 6.45) is 0. The highest BCUT2D eigenvalue weighted by atomic mass is 31.2. The molecule has 98 valence electrons. The molecule has 0 saturated carbocycles.